The molecule has 0 fully saturated rings. The molecular formula is C11H13NO5. The molecule has 17 heavy (non-hydrogen) atoms. The van der Waals surface area contributed by atoms with Gasteiger partial charge < -0.3 is 20.7 Å². The molecule has 0 amide bonds. The number of nitrogens with two attached hydrogens (primary N) is 1. The van der Waals surface area contributed by atoms with E-state index in [4.69, 9.17) is 20.7 Å². The van der Waals surface area contributed by atoms with Gasteiger partial charge >= 0.3 is 11.9 Å². The van der Waals surface area contributed by atoms with Crippen molar-refractivity contribution < 1.29 is 24.5 Å². The lowest BCUT2D eigenvalue weighted by Gasteiger charge is -2.13. The highest BCUT2D eigenvalue weighted by atomic mass is 16.5. The van der Waals surface area contributed by atoms with Crippen LogP contribution in [0.4, 0.5) is 0 Å². The molecule has 0 heterocycles. The topological polar surface area (TPSA) is 110 Å². The van der Waals surface area contributed by atoms with Gasteiger partial charge in [-0.2, -0.15) is 0 Å². The molecule has 2 unspecified atom stereocenters. The fourth-order valence-electron chi connectivity index (χ4n) is 1.11. The molecule has 0 bridgehead atoms. The average molecular weight is 239 g/mol. The Hall–Kier alpha value is -1.92. The number of ether oxygens (including phenoxy) is 1. The zero-order valence-electron chi connectivity index (χ0n) is 8.95. The molecule has 1 aromatic rings. The van der Waals surface area contributed by atoms with Crippen LogP contribution < -0.4 is 5.73 Å². The summed E-state index contributed by atoms with van der Waals surface area (Å²) in [6.45, 7) is -0.0142. The van der Waals surface area contributed by atoms with E-state index in [2.05, 4.69) is 0 Å². The lowest BCUT2D eigenvalue weighted by molar-refractivity contribution is -0.158. The number of carboxylic acids is 1. The molecule has 92 valence electrons. The second-order valence-corrected chi connectivity index (χ2v) is 3.40. The van der Waals surface area contributed by atoms with Crippen molar-refractivity contribution in [2.45, 2.75) is 18.8 Å². The number of hydrogen-bond acceptors (Lipinski definition) is 5. The van der Waals surface area contributed by atoms with Crippen molar-refractivity contribution in [1.82, 2.24) is 0 Å². The Morgan fingerprint density at radius 1 is 1.29 bits per heavy atom. The number of rotatable bonds is 5. The van der Waals surface area contributed by atoms with Crippen LogP contribution in [-0.2, 0) is 20.9 Å². The van der Waals surface area contributed by atoms with E-state index in [0.29, 0.717) is 0 Å². The maximum atomic E-state index is 11.3. The molecular weight excluding hydrogens is 226 g/mol. The highest BCUT2D eigenvalue weighted by Crippen LogP contribution is 2.02. The van der Waals surface area contributed by atoms with Crippen LogP contribution in [0.25, 0.3) is 0 Å². The molecule has 0 aliphatic rings. The summed E-state index contributed by atoms with van der Waals surface area (Å²) in [5.74, 6) is -2.52. The summed E-state index contributed by atoms with van der Waals surface area (Å²) < 4.78 is 4.77. The summed E-state index contributed by atoms with van der Waals surface area (Å²) >= 11 is 0. The quantitative estimate of drug-likeness (QED) is 0.598. The van der Waals surface area contributed by atoms with Crippen molar-refractivity contribution >= 4 is 11.9 Å². The lowest BCUT2D eigenvalue weighted by Crippen LogP contribution is -2.47. The Morgan fingerprint density at radius 3 is 2.41 bits per heavy atom. The highest BCUT2D eigenvalue weighted by molar-refractivity contribution is 5.85. The molecule has 6 heteroatoms. The summed E-state index contributed by atoms with van der Waals surface area (Å²) in [6.07, 6.45) is -1.96. The largest absolute Gasteiger partial charge is 0.479 e. The van der Waals surface area contributed by atoms with Crippen molar-refractivity contribution in [3.8, 4) is 0 Å². The van der Waals surface area contributed by atoms with Crippen molar-refractivity contribution in [3.05, 3.63) is 35.9 Å². The first-order chi connectivity index (χ1) is 8.02. The summed E-state index contributed by atoms with van der Waals surface area (Å²) in [5, 5.41) is 17.5. The standard InChI is InChI=1S/C11H13NO5/c12-8(9(13)10(14)15)11(16)17-6-7-4-2-1-3-5-7/h1-5,8-9,13H,6,12H2,(H,14,15). The number of carbonyl (C=O) groups excluding carboxylic acids is 1. The van der Waals surface area contributed by atoms with Crippen LogP contribution in [0.1, 0.15) is 5.56 Å². The predicted octanol–water partition coefficient (Wildman–Crippen LogP) is -0.497. The number of aliphatic carboxylic acids is 1. The van der Waals surface area contributed by atoms with Crippen molar-refractivity contribution in [2.75, 3.05) is 0 Å². The lowest BCUT2D eigenvalue weighted by atomic mass is 10.2. The summed E-state index contributed by atoms with van der Waals surface area (Å²) in [4.78, 5) is 21.7. The fourth-order valence-corrected chi connectivity index (χ4v) is 1.11. The van der Waals surface area contributed by atoms with Crippen LogP contribution in [0.3, 0.4) is 0 Å². The second-order valence-electron chi connectivity index (χ2n) is 3.40. The van der Waals surface area contributed by atoms with E-state index in [-0.39, 0.29) is 6.61 Å². The molecule has 0 radical (unpaired) electrons. The zero-order valence-corrected chi connectivity index (χ0v) is 8.95. The third kappa shape index (κ3) is 3.86. The predicted molar refractivity (Wildman–Crippen MR) is 57.9 cm³/mol. The molecule has 4 N–H and O–H groups in total. The van der Waals surface area contributed by atoms with E-state index < -0.39 is 24.1 Å². The van der Waals surface area contributed by atoms with Gasteiger partial charge in [-0.1, -0.05) is 30.3 Å². The maximum Gasteiger partial charge on any atom is 0.334 e. The van der Waals surface area contributed by atoms with Gasteiger partial charge in [0, 0.05) is 0 Å². The van der Waals surface area contributed by atoms with Crippen LogP contribution in [-0.4, -0.2) is 34.3 Å². The first-order valence-corrected chi connectivity index (χ1v) is 4.89. The minimum absolute atomic E-state index is 0.0142. The van der Waals surface area contributed by atoms with Crippen LogP contribution >= 0.6 is 0 Å². The van der Waals surface area contributed by atoms with Gasteiger partial charge in [-0.15, -0.1) is 0 Å². The molecule has 0 saturated carbocycles. The van der Waals surface area contributed by atoms with E-state index >= 15 is 0 Å². The Morgan fingerprint density at radius 2 is 1.88 bits per heavy atom. The van der Waals surface area contributed by atoms with Gasteiger partial charge in [0.1, 0.15) is 12.6 Å². The molecule has 0 saturated heterocycles. The van der Waals surface area contributed by atoms with E-state index in [1.165, 1.54) is 0 Å². The van der Waals surface area contributed by atoms with Gasteiger partial charge in [0.2, 0.25) is 0 Å². The molecule has 2 atom stereocenters. The molecule has 0 aliphatic carbocycles. The summed E-state index contributed by atoms with van der Waals surface area (Å²) in [5.41, 5.74) is 5.97. The van der Waals surface area contributed by atoms with Crippen molar-refractivity contribution in [2.24, 2.45) is 5.73 Å². The molecule has 1 rings (SSSR count). The SMILES string of the molecule is NC(C(=O)OCc1ccccc1)C(O)C(=O)O. The van der Waals surface area contributed by atoms with E-state index in [1.807, 2.05) is 6.07 Å². The fraction of sp³-hybridized carbons (Fsp3) is 0.273. The monoisotopic (exact) mass is 239 g/mol. The van der Waals surface area contributed by atoms with Crippen LogP contribution in [0.15, 0.2) is 30.3 Å². The zero-order chi connectivity index (χ0) is 12.8. The average Bonchev–Trinajstić information content (AvgIpc) is 2.35. The Labute approximate surface area is 97.6 Å². The highest BCUT2D eigenvalue weighted by Gasteiger charge is 2.29. The normalized spacial score (nSPS) is 13.8. The molecule has 6 nitrogen and oxygen atoms in total. The third-order valence-electron chi connectivity index (χ3n) is 2.09. The number of aliphatic hydroxyl groups is 1. The van der Waals surface area contributed by atoms with Crippen molar-refractivity contribution in [3.63, 3.8) is 0 Å². The molecule has 1 aromatic carbocycles. The Balaban J connectivity index is 2.47. The van der Waals surface area contributed by atoms with Gasteiger partial charge in [-0.05, 0) is 5.56 Å². The molecule has 0 aromatic heterocycles. The van der Waals surface area contributed by atoms with Gasteiger partial charge in [0.25, 0.3) is 0 Å². The van der Waals surface area contributed by atoms with E-state index in [9.17, 15) is 9.59 Å². The minimum Gasteiger partial charge on any atom is -0.479 e. The summed E-state index contributed by atoms with van der Waals surface area (Å²) in [6, 6.07) is 7.25. The first kappa shape index (κ1) is 13.1. The Kier molecular flexibility index (Phi) is 4.62. The van der Waals surface area contributed by atoms with Gasteiger partial charge in [0.15, 0.2) is 6.10 Å². The number of esters is 1. The third-order valence-corrected chi connectivity index (χ3v) is 2.09. The first-order valence-electron chi connectivity index (χ1n) is 4.89. The number of carboxylic acid groups (broad SMARTS) is 1. The van der Waals surface area contributed by atoms with Gasteiger partial charge in [-0.25, -0.2) is 4.79 Å². The number of aliphatic hydroxyl groups excluding tert-OH is 1. The van der Waals surface area contributed by atoms with E-state index in [0.717, 1.165) is 5.56 Å². The van der Waals surface area contributed by atoms with Crippen LogP contribution in [0.2, 0.25) is 0 Å². The summed E-state index contributed by atoms with van der Waals surface area (Å²) in [7, 11) is 0. The second kappa shape index (κ2) is 5.97. The number of hydrogen-bond donors (Lipinski definition) is 3. The van der Waals surface area contributed by atoms with Crippen molar-refractivity contribution in [1.29, 1.82) is 0 Å². The maximum absolute atomic E-state index is 11.3. The molecule has 0 aliphatic heterocycles. The molecule has 0 spiro atoms. The van der Waals surface area contributed by atoms with Crippen LogP contribution in [0.5, 0.6) is 0 Å². The number of benzene rings is 1. The van der Waals surface area contributed by atoms with Gasteiger partial charge in [-0.3, -0.25) is 4.79 Å². The number of carbonyl (C=O) groups is 2. The van der Waals surface area contributed by atoms with Crippen LogP contribution in [0, 0.1) is 0 Å². The van der Waals surface area contributed by atoms with Gasteiger partial charge in [0.05, 0.1) is 0 Å². The van der Waals surface area contributed by atoms with E-state index in [1.54, 1.807) is 24.3 Å². The smallest absolute Gasteiger partial charge is 0.334 e. The minimum atomic E-state index is -1.96. The Bertz CT molecular complexity index is 392.